The van der Waals surface area contributed by atoms with E-state index in [1.54, 1.807) is 0 Å². The quantitative estimate of drug-likeness (QED) is 0.192. The first-order valence-corrected chi connectivity index (χ1v) is 12.8. The van der Waals surface area contributed by atoms with E-state index in [0.717, 1.165) is 19.4 Å². The van der Waals surface area contributed by atoms with Crippen LogP contribution < -0.4 is 0 Å². The number of pyridine rings is 1. The summed E-state index contributed by atoms with van der Waals surface area (Å²) in [5.41, 5.74) is 7.37. The van der Waals surface area contributed by atoms with E-state index < -0.39 is 0 Å². The minimum Gasteiger partial charge on any atom is -0.343 e. The molecule has 4 heteroatoms. The van der Waals surface area contributed by atoms with Gasteiger partial charge in [0.05, 0.1) is 0 Å². The second kappa shape index (κ2) is 12.5. The zero-order chi connectivity index (χ0) is 24.7. The van der Waals surface area contributed by atoms with Crippen LogP contribution >= 0.6 is 12.4 Å². The van der Waals surface area contributed by atoms with Crippen molar-refractivity contribution < 1.29 is 4.79 Å². The highest BCUT2D eigenvalue weighted by Crippen LogP contribution is 2.36. The maximum absolute atomic E-state index is 13.3. The van der Waals surface area contributed by atoms with E-state index >= 15 is 0 Å². The molecule has 1 unspecified atom stereocenters. The molecule has 0 spiro atoms. The molecule has 2 aromatic heterocycles. The SMILES string of the molecule is Cc1cccc(C(CC(=O)CCCc2ccncc2)c2cn(Cc3ccccc3)c3ccccc23)c1.Cl. The van der Waals surface area contributed by atoms with Crippen molar-refractivity contribution in [1.29, 1.82) is 0 Å². The van der Waals surface area contributed by atoms with Gasteiger partial charge in [-0.1, -0.05) is 78.4 Å². The number of fused-ring (bicyclic) bond motifs is 1. The number of halogens is 1. The lowest BCUT2D eigenvalue weighted by atomic mass is 9.85. The van der Waals surface area contributed by atoms with Gasteiger partial charge in [0.15, 0.2) is 0 Å². The summed E-state index contributed by atoms with van der Waals surface area (Å²) in [4.78, 5) is 17.4. The van der Waals surface area contributed by atoms with E-state index in [4.69, 9.17) is 0 Å². The van der Waals surface area contributed by atoms with Gasteiger partial charge < -0.3 is 4.57 Å². The van der Waals surface area contributed by atoms with Crippen LogP contribution in [0.3, 0.4) is 0 Å². The van der Waals surface area contributed by atoms with Gasteiger partial charge in [-0.3, -0.25) is 9.78 Å². The number of carbonyl (C=O) groups is 1. The molecular weight excluding hydrogens is 476 g/mol. The Bertz CT molecular complexity index is 1440. The number of carbonyl (C=O) groups excluding carboxylic acids is 1. The molecule has 0 amide bonds. The van der Waals surface area contributed by atoms with Crippen molar-refractivity contribution in [1.82, 2.24) is 9.55 Å². The molecule has 5 rings (SSSR count). The lowest BCUT2D eigenvalue weighted by Crippen LogP contribution is -2.09. The Balaban J connectivity index is 0.00000320. The average Bonchev–Trinajstić information content (AvgIpc) is 3.26. The van der Waals surface area contributed by atoms with Crippen molar-refractivity contribution >= 4 is 29.1 Å². The molecule has 0 aliphatic carbocycles. The predicted octanol–water partition coefficient (Wildman–Crippen LogP) is 7.93. The van der Waals surface area contributed by atoms with E-state index in [1.165, 1.54) is 38.7 Å². The molecule has 2 heterocycles. The van der Waals surface area contributed by atoms with Crippen LogP contribution in [0.1, 0.15) is 53.0 Å². The molecule has 3 aromatic carbocycles. The molecule has 3 nitrogen and oxygen atoms in total. The number of benzene rings is 3. The fourth-order valence-electron chi connectivity index (χ4n) is 5.13. The fourth-order valence-corrected chi connectivity index (χ4v) is 5.13. The third kappa shape index (κ3) is 6.55. The van der Waals surface area contributed by atoms with E-state index in [9.17, 15) is 4.79 Å². The van der Waals surface area contributed by atoms with Crippen LogP contribution in [-0.2, 0) is 17.8 Å². The van der Waals surface area contributed by atoms with E-state index in [0.29, 0.717) is 18.6 Å². The fraction of sp³-hybridized carbons (Fsp3) is 0.212. The lowest BCUT2D eigenvalue weighted by Gasteiger charge is -2.17. The molecule has 0 fully saturated rings. The summed E-state index contributed by atoms with van der Waals surface area (Å²) in [6, 6.07) is 31.8. The lowest BCUT2D eigenvalue weighted by molar-refractivity contribution is -0.119. The van der Waals surface area contributed by atoms with Crippen LogP contribution in [-0.4, -0.2) is 15.3 Å². The minimum atomic E-state index is 0. The summed E-state index contributed by atoms with van der Waals surface area (Å²) in [6.07, 6.45) is 8.77. The highest BCUT2D eigenvalue weighted by atomic mass is 35.5. The van der Waals surface area contributed by atoms with Crippen molar-refractivity contribution in [3.8, 4) is 0 Å². The zero-order valence-corrected chi connectivity index (χ0v) is 22.0. The number of rotatable bonds is 10. The summed E-state index contributed by atoms with van der Waals surface area (Å²) < 4.78 is 2.33. The highest BCUT2D eigenvalue weighted by Gasteiger charge is 2.23. The monoisotopic (exact) mass is 508 g/mol. The number of Topliss-reactive ketones (excluding diaryl/α,β-unsaturated/α-hetero) is 1. The van der Waals surface area contributed by atoms with Crippen LogP contribution in [0, 0.1) is 6.92 Å². The third-order valence-electron chi connectivity index (χ3n) is 6.94. The highest BCUT2D eigenvalue weighted by molar-refractivity contribution is 5.87. The maximum Gasteiger partial charge on any atom is 0.133 e. The second-order valence-corrected chi connectivity index (χ2v) is 9.63. The first-order chi connectivity index (χ1) is 17.7. The van der Waals surface area contributed by atoms with E-state index in [2.05, 4.69) is 102 Å². The Morgan fingerprint density at radius 1 is 0.865 bits per heavy atom. The summed E-state index contributed by atoms with van der Waals surface area (Å²) in [5.74, 6) is 0.343. The van der Waals surface area contributed by atoms with Gasteiger partial charge in [0, 0.05) is 54.8 Å². The number of aryl methyl sites for hydroxylation is 2. The summed E-state index contributed by atoms with van der Waals surface area (Å²) in [5, 5.41) is 1.23. The number of para-hydroxylation sites is 1. The Labute approximate surface area is 225 Å². The Morgan fingerprint density at radius 2 is 1.62 bits per heavy atom. The van der Waals surface area contributed by atoms with Crippen molar-refractivity contribution in [2.75, 3.05) is 0 Å². The van der Waals surface area contributed by atoms with Crippen molar-refractivity contribution in [3.63, 3.8) is 0 Å². The molecular formula is C33H33ClN2O. The molecule has 0 bridgehead atoms. The molecule has 0 saturated carbocycles. The van der Waals surface area contributed by atoms with Crippen LogP contribution in [0.25, 0.3) is 10.9 Å². The average molecular weight is 509 g/mol. The van der Waals surface area contributed by atoms with Crippen molar-refractivity contribution in [3.05, 3.63) is 137 Å². The molecule has 0 saturated heterocycles. The zero-order valence-electron chi connectivity index (χ0n) is 21.2. The summed E-state index contributed by atoms with van der Waals surface area (Å²) >= 11 is 0. The Hall–Kier alpha value is -3.69. The molecule has 5 aromatic rings. The molecule has 0 N–H and O–H groups in total. The van der Waals surface area contributed by atoms with Crippen molar-refractivity contribution in [2.24, 2.45) is 0 Å². The molecule has 188 valence electrons. The molecule has 0 aliphatic rings. The van der Waals surface area contributed by atoms with E-state index in [1.807, 2.05) is 24.5 Å². The molecule has 1 atom stereocenters. The van der Waals surface area contributed by atoms with Gasteiger partial charge in [-0.05, 0) is 60.2 Å². The molecule has 0 radical (unpaired) electrons. The first-order valence-electron chi connectivity index (χ1n) is 12.8. The second-order valence-electron chi connectivity index (χ2n) is 9.63. The molecule has 0 aliphatic heterocycles. The number of ketones is 1. The first kappa shape index (κ1) is 26.4. The predicted molar refractivity (Wildman–Crippen MR) is 155 cm³/mol. The van der Waals surface area contributed by atoms with Gasteiger partial charge in [-0.2, -0.15) is 0 Å². The number of aromatic nitrogens is 2. The summed E-state index contributed by atoms with van der Waals surface area (Å²) in [7, 11) is 0. The van der Waals surface area contributed by atoms with Gasteiger partial charge in [-0.25, -0.2) is 0 Å². The smallest absolute Gasteiger partial charge is 0.133 e. The topological polar surface area (TPSA) is 34.9 Å². The third-order valence-corrected chi connectivity index (χ3v) is 6.94. The van der Waals surface area contributed by atoms with Gasteiger partial charge in [0.2, 0.25) is 0 Å². The van der Waals surface area contributed by atoms with Crippen LogP contribution in [0.15, 0.2) is 110 Å². The molecule has 37 heavy (non-hydrogen) atoms. The summed E-state index contributed by atoms with van der Waals surface area (Å²) in [6.45, 7) is 2.93. The van der Waals surface area contributed by atoms with Crippen LogP contribution in [0.2, 0.25) is 0 Å². The van der Waals surface area contributed by atoms with Crippen LogP contribution in [0.4, 0.5) is 0 Å². The van der Waals surface area contributed by atoms with Gasteiger partial charge in [0.25, 0.3) is 0 Å². The van der Waals surface area contributed by atoms with Gasteiger partial charge in [0.1, 0.15) is 5.78 Å². The standard InChI is InChI=1S/C33H32N2O.ClH/c1-25-9-7-13-28(21-25)31(22-29(36)14-8-12-26-17-19-34-20-18-26)32-24-35(23-27-10-3-2-4-11-27)33-16-6-5-15-30(32)33;/h2-7,9-11,13,15-21,24,31H,8,12,14,22-23H2,1H3;1H. The Morgan fingerprint density at radius 3 is 2.41 bits per heavy atom. The minimum absolute atomic E-state index is 0. The van der Waals surface area contributed by atoms with Gasteiger partial charge >= 0.3 is 0 Å². The van der Waals surface area contributed by atoms with Crippen LogP contribution in [0.5, 0.6) is 0 Å². The van der Waals surface area contributed by atoms with Crippen molar-refractivity contribution in [2.45, 2.75) is 45.1 Å². The van der Waals surface area contributed by atoms with E-state index in [-0.39, 0.29) is 18.3 Å². The number of hydrogen-bond acceptors (Lipinski definition) is 2. The number of hydrogen-bond donors (Lipinski definition) is 0. The maximum atomic E-state index is 13.3. The normalized spacial score (nSPS) is 11.7. The largest absolute Gasteiger partial charge is 0.343 e. The van der Waals surface area contributed by atoms with Gasteiger partial charge in [-0.15, -0.1) is 12.4 Å². The number of nitrogens with zero attached hydrogens (tertiary/aromatic N) is 2. The Kier molecular flexibility index (Phi) is 8.92.